The smallest absolute Gasteiger partial charge is 0.506 e. The van der Waals surface area contributed by atoms with Gasteiger partial charge in [0, 0.05) is 16.7 Å². The van der Waals surface area contributed by atoms with Gasteiger partial charge in [-0.1, -0.05) is 0 Å². The predicted molar refractivity (Wildman–Crippen MR) is 50.7 cm³/mol. The molecule has 0 radical (unpaired) electrons. The van der Waals surface area contributed by atoms with Crippen LogP contribution in [0.15, 0.2) is 18.3 Å². The van der Waals surface area contributed by atoms with Crippen LogP contribution >= 0.6 is 8.25 Å². The van der Waals surface area contributed by atoms with Gasteiger partial charge in [-0.15, -0.1) is 9.79 Å². The van der Waals surface area contributed by atoms with Gasteiger partial charge in [0.1, 0.15) is 5.75 Å². The van der Waals surface area contributed by atoms with E-state index >= 15 is 0 Å². The Hall–Kier alpha value is -1.07. The fourth-order valence-corrected chi connectivity index (χ4v) is 0.712. The van der Waals surface area contributed by atoms with Crippen LogP contribution in [0.5, 0.6) is 5.75 Å². The molecular weight excluding hydrogens is 207 g/mol. The molecule has 7 heteroatoms. The van der Waals surface area contributed by atoms with Gasteiger partial charge in [0.25, 0.3) is 0 Å². The maximum atomic E-state index is 8.83. The summed E-state index contributed by atoms with van der Waals surface area (Å²) in [7, 11) is -2.87. The zero-order chi connectivity index (χ0) is 11.0. The molecule has 0 unspecified atom stereocenters. The molecule has 1 rings (SSSR count). The first-order chi connectivity index (χ1) is 6.56. The summed E-state index contributed by atoms with van der Waals surface area (Å²) in [6.45, 7) is 0.595. The number of aromatic hydroxyl groups is 1. The Bertz CT molecular complexity index is 274. The van der Waals surface area contributed by atoms with Crippen molar-refractivity contribution >= 4 is 8.25 Å². The summed E-state index contributed by atoms with van der Waals surface area (Å²) in [5.74, 6) is 0.195. The molecule has 0 bridgehead atoms. The molecule has 0 aromatic carbocycles. The second-order valence-corrected chi connectivity index (χ2v) is 2.80. The second kappa shape index (κ2) is 7.34. The summed E-state index contributed by atoms with van der Waals surface area (Å²) in [6.07, 6.45) is 2.19. The summed E-state index contributed by atoms with van der Waals surface area (Å²) in [6, 6.07) is 3.38. The van der Waals surface area contributed by atoms with Gasteiger partial charge in [-0.05, 0) is 18.7 Å². The maximum absolute atomic E-state index is 8.83. The van der Waals surface area contributed by atoms with E-state index in [2.05, 4.69) is 4.98 Å². The van der Waals surface area contributed by atoms with E-state index in [1.807, 2.05) is 0 Å². The molecular formula is C7H12N2O4P+. The number of nitrogens with zero attached hydrogens (tertiary/aromatic N) is 1. The van der Waals surface area contributed by atoms with Crippen LogP contribution in [-0.4, -0.2) is 26.4 Å². The fraction of sp³-hybridized carbons (Fsp3) is 0.286. The molecule has 5 N–H and O–H groups in total. The molecule has 78 valence electrons. The topological polar surface area (TPSA) is 117 Å². The van der Waals surface area contributed by atoms with E-state index in [4.69, 9.17) is 25.2 Å². The van der Waals surface area contributed by atoms with E-state index in [1.54, 1.807) is 12.1 Å². The summed E-state index contributed by atoms with van der Waals surface area (Å²) >= 11 is 0. The van der Waals surface area contributed by atoms with E-state index in [0.717, 1.165) is 12.1 Å². The third kappa shape index (κ3) is 7.57. The lowest BCUT2D eigenvalue weighted by atomic mass is 10.3. The molecule has 1 heterocycles. The number of hydrogen-bond donors (Lipinski definition) is 4. The highest BCUT2D eigenvalue weighted by atomic mass is 31.1. The summed E-state index contributed by atoms with van der Waals surface area (Å²) in [5.41, 5.74) is 6.21. The van der Waals surface area contributed by atoms with Gasteiger partial charge in [-0.25, -0.2) is 0 Å². The molecule has 6 nitrogen and oxygen atoms in total. The SMILES string of the molecule is NCCc1ccc(O)cn1.O=[P+](O)O. The first-order valence-electron chi connectivity index (χ1n) is 3.75. The van der Waals surface area contributed by atoms with Crippen molar-refractivity contribution in [2.45, 2.75) is 6.42 Å². The third-order valence-electron chi connectivity index (χ3n) is 1.21. The van der Waals surface area contributed by atoms with Crippen LogP contribution in [0.2, 0.25) is 0 Å². The number of pyridine rings is 1. The molecule has 0 atom stereocenters. The zero-order valence-corrected chi connectivity index (χ0v) is 8.26. The van der Waals surface area contributed by atoms with Crippen molar-refractivity contribution in [1.29, 1.82) is 0 Å². The summed E-state index contributed by atoms with van der Waals surface area (Å²) in [5, 5.41) is 8.83. The maximum Gasteiger partial charge on any atom is 0.692 e. The molecule has 1 aromatic rings. The van der Waals surface area contributed by atoms with Crippen molar-refractivity contribution in [3.05, 3.63) is 24.0 Å². The van der Waals surface area contributed by atoms with Crippen LogP contribution in [0, 0.1) is 0 Å². The highest BCUT2D eigenvalue weighted by Gasteiger charge is 1.93. The van der Waals surface area contributed by atoms with Gasteiger partial charge < -0.3 is 10.8 Å². The van der Waals surface area contributed by atoms with E-state index in [0.29, 0.717) is 6.54 Å². The van der Waals surface area contributed by atoms with E-state index in [-0.39, 0.29) is 5.75 Å². The van der Waals surface area contributed by atoms with Crippen molar-refractivity contribution in [2.24, 2.45) is 5.73 Å². The highest BCUT2D eigenvalue weighted by Crippen LogP contribution is 2.05. The number of hydrogen-bond acceptors (Lipinski definition) is 4. The third-order valence-corrected chi connectivity index (χ3v) is 1.21. The van der Waals surface area contributed by atoms with Gasteiger partial charge in [0.05, 0.1) is 6.20 Å². The average molecular weight is 219 g/mol. The zero-order valence-electron chi connectivity index (χ0n) is 7.37. The fourth-order valence-electron chi connectivity index (χ4n) is 0.712. The van der Waals surface area contributed by atoms with Crippen LogP contribution in [-0.2, 0) is 11.0 Å². The van der Waals surface area contributed by atoms with Gasteiger partial charge in [-0.3, -0.25) is 4.98 Å². The van der Waals surface area contributed by atoms with E-state index in [9.17, 15) is 0 Å². The molecule has 0 aliphatic rings. The van der Waals surface area contributed by atoms with Gasteiger partial charge in [0.2, 0.25) is 0 Å². The Morgan fingerprint density at radius 3 is 2.36 bits per heavy atom. The summed E-state index contributed by atoms with van der Waals surface area (Å²) < 4.78 is 8.70. The monoisotopic (exact) mass is 219 g/mol. The van der Waals surface area contributed by atoms with Crippen molar-refractivity contribution < 1.29 is 19.5 Å². The van der Waals surface area contributed by atoms with Crippen LogP contribution in [0.3, 0.4) is 0 Å². The standard InChI is InChI=1S/C7H10N2O.HO3P/c8-4-3-6-1-2-7(10)5-9-6;1-4(2)3/h1-2,5,10H,3-4,8H2;(H-,1,2,3)/p+1. The first kappa shape index (κ1) is 12.9. The average Bonchev–Trinajstić information content (AvgIpc) is 2.08. The van der Waals surface area contributed by atoms with Crippen LogP contribution in [0.1, 0.15) is 5.69 Å². The predicted octanol–water partition coefficient (Wildman–Crippen LogP) is -0.0832. The van der Waals surface area contributed by atoms with Crippen LogP contribution in [0.25, 0.3) is 0 Å². The quantitative estimate of drug-likeness (QED) is 0.517. The lowest BCUT2D eigenvalue weighted by Crippen LogP contribution is -2.03. The normalized spacial score (nSPS) is 8.79. The number of aromatic nitrogens is 1. The van der Waals surface area contributed by atoms with Crippen LogP contribution < -0.4 is 5.73 Å². The molecule has 0 aliphatic carbocycles. The first-order valence-corrected chi connectivity index (χ1v) is 4.91. The molecule has 0 fully saturated rings. The molecule has 0 aliphatic heterocycles. The van der Waals surface area contributed by atoms with E-state index in [1.165, 1.54) is 6.20 Å². The van der Waals surface area contributed by atoms with Crippen molar-refractivity contribution in [1.82, 2.24) is 4.98 Å². The minimum atomic E-state index is -2.87. The van der Waals surface area contributed by atoms with Crippen molar-refractivity contribution in [3.8, 4) is 5.75 Å². The van der Waals surface area contributed by atoms with Gasteiger partial charge in [-0.2, -0.15) is 0 Å². The lowest BCUT2D eigenvalue weighted by molar-refractivity contribution is 0.405. The van der Waals surface area contributed by atoms with E-state index < -0.39 is 8.25 Å². The molecule has 1 aromatic heterocycles. The lowest BCUT2D eigenvalue weighted by Gasteiger charge is -1.95. The Morgan fingerprint density at radius 2 is 2.00 bits per heavy atom. The Balaban J connectivity index is 0.000000364. The van der Waals surface area contributed by atoms with Gasteiger partial charge >= 0.3 is 8.25 Å². The Morgan fingerprint density at radius 1 is 1.43 bits per heavy atom. The highest BCUT2D eigenvalue weighted by molar-refractivity contribution is 7.30. The number of rotatable bonds is 2. The molecule has 0 amide bonds. The minimum Gasteiger partial charge on any atom is -0.506 e. The van der Waals surface area contributed by atoms with Crippen molar-refractivity contribution in [2.75, 3.05) is 6.54 Å². The van der Waals surface area contributed by atoms with Crippen LogP contribution in [0.4, 0.5) is 0 Å². The van der Waals surface area contributed by atoms with Gasteiger partial charge in [0.15, 0.2) is 0 Å². The largest absolute Gasteiger partial charge is 0.692 e. The molecule has 0 saturated heterocycles. The summed E-state index contributed by atoms with van der Waals surface area (Å²) in [4.78, 5) is 18.2. The minimum absolute atomic E-state index is 0.195. The second-order valence-electron chi connectivity index (χ2n) is 2.30. The molecule has 0 spiro atoms. The van der Waals surface area contributed by atoms with Crippen molar-refractivity contribution in [3.63, 3.8) is 0 Å². The Kier molecular flexibility index (Phi) is 6.78. The molecule has 14 heavy (non-hydrogen) atoms. The molecule has 0 saturated carbocycles. The number of nitrogens with two attached hydrogens (primary N) is 1. The Labute approximate surface area is 82.0 Å².